The predicted molar refractivity (Wildman–Crippen MR) is 91.8 cm³/mol. The van der Waals surface area contributed by atoms with Crippen molar-refractivity contribution in [3.8, 4) is 0 Å². The Balaban J connectivity index is 1.53. The van der Waals surface area contributed by atoms with Gasteiger partial charge in [-0.2, -0.15) is 0 Å². The molecule has 0 aliphatic carbocycles. The number of carbonyl (C=O) groups excluding carboxylic acids is 1. The van der Waals surface area contributed by atoms with E-state index in [2.05, 4.69) is 25.0 Å². The number of hydrogen-bond donors (Lipinski definition) is 1. The highest BCUT2D eigenvalue weighted by Crippen LogP contribution is 2.26. The molecule has 0 spiro atoms. The van der Waals surface area contributed by atoms with Crippen LogP contribution in [0.25, 0.3) is 5.65 Å². The normalized spacial score (nSPS) is 17.8. The number of nitrogens with zero attached hydrogens (tertiary/aromatic N) is 5. The molecule has 1 N–H and O–H groups in total. The fourth-order valence-corrected chi connectivity index (χ4v) is 3.46. The summed E-state index contributed by atoms with van der Waals surface area (Å²) in [5.41, 5.74) is 3.32. The molecule has 3 aromatic rings. The molecule has 9 nitrogen and oxygen atoms in total. The Morgan fingerprint density at radius 2 is 2.19 bits per heavy atom. The maximum atomic E-state index is 12.6. The van der Waals surface area contributed by atoms with Crippen LogP contribution in [0.15, 0.2) is 21.6 Å². The number of piperidine rings is 1. The number of amides is 1. The maximum Gasteiger partial charge on any atom is 0.272 e. The van der Waals surface area contributed by atoms with Crippen molar-refractivity contribution in [2.75, 3.05) is 13.1 Å². The Bertz CT molecular complexity index is 1020. The molecule has 1 saturated heterocycles. The van der Waals surface area contributed by atoms with Crippen molar-refractivity contribution in [2.24, 2.45) is 0 Å². The molecule has 4 rings (SSSR count). The molecule has 1 fully saturated rings. The van der Waals surface area contributed by atoms with Gasteiger partial charge in [0.25, 0.3) is 5.56 Å². The number of H-pyrrole nitrogens is 1. The van der Waals surface area contributed by atoms with Crippen molar-refractivity contribution in [2.45, 2.75) is 39.0 Å². The molecule has 0 radical (unpaired) electrons. The summed E-state index contributed by atoms with van der Waals surface area (Å²) in [6.07, 6.45) is 2.05. The Morgan fingerprint density at radius 3 is 2.96 bits per heavy atom. The molecule has 9 heteroatoms. The van der Waals surface area contributed by atoms with Gasteiger partial charge in [0.1, 0.15) is 11.4 Å². The van der Waals surface area contributed by atoms with Crippen molar-refractivity contribution < 1.29 is 9.42 Å². The number of rotatable bonds is 3. The van der Waals surface area contributed by atoms with Gasteiger partial charge in [-0.1, -0.05) is 10.3 Å². The number of aryl methyl sites for hydroxylation is 2. The van der Waals surface area contributed by atoms with Crippen LogP contribution >= 0.6 is 0 Å². The Labute approximate surface area is 149 Å². The van der Waals surface area contributed by atoms with E-state index in [0.29, 0.717) is 29.3 Å². The van der Waals surface area contributed by atoms with Crippen molar-refractivity contribution in [1.29, 1.82) is 0 Å². The molecule has 0 saturated carbocycles. The fourth-order valence-electron chi connectivity index (χ4n) is 3.46. The van der Waals surface area contributed by atoms with E-state index in [9.17, 15) is 9.59 Å². The van der Waals surface area contributed by atoms with E-state index in [0.717, 1.165) is 25.1 Å². The molecule has 0 bridgehead atoms. The van der Waals surface area contributed by atoms with Gasteiger partial charge in [0.15, 0.2) is 5.65 Å². The zero-order chi connectivity index (χ0) is 18.3. The monoisotopic (exact) mass is 356 g/mol. The maximum absolute atomic E-state index is 12.6. The first-order valence-corrected chi connectivity index (χ1v) is 8.66. The van der Waals surface area contributed by atoms with Crippen LogP contribution in [0.5, 0.6) is 0 Å². The third kappa shape index (κ3) is 3.00. The number of hydrogen-bond acceptors (Lipinski definition) is 6. The summed E-state index contributed by atoms with van der Waals surface area (Å²) in [6, 6.07) is 3.40. The smallest absolute Gasteiger partial charge is 0.272 e. The third-order valence-electron chi connectivity index (χ3n) is 4.88. The highest BCUT2D eigenvalue weighted by atomic mass is 16.6. The molecule has 1 atom stereocenters. The molecule has 1 aliphatic heterocycles. The summed E-state index contributed by atoms with van der Waals surface area (Å²) in [7, 11) is 0. The van der Waals surface area contributed by atoms with Crippen molar-refractivity contribution in [3.05, 3.63) is 45.3 Å². The molecule has 0 unspecified atom stereocenters. The van der Waals surface area contributed by atoms with Gasteiger partial charge in [-0.25, -0.2) is 14.1 Å². The van der Waals surface area contributed by atoms with E-state index in [-0.39, 0.29) is 23.8 Å². The third-order valence-corrected chi connectivity index (χ3v) is 4.88. The standard InChI is InChI=1S/C17H20N6O3/c1-10-6-17(25)23-15(18-10)7-14(19-23)12-4-3-5-22(9-12)16(24)8-13-11(2)20-26-21-13/h6-7,12,19H,3-5,8-9H2,1-2H3/t12-/m0/s1. The zero-order valence-corrected chi connectivity index (χ0v) is 14.7. The lowest BCUT2D eigenvalue weighted by atomic mass is 9.94. The fraction of sp³-hybridized carbons (Fsp3) is 0.471. The second kappa shape index (κ2) is 6.40. The lowest BCUT2D eigenvalue weighted by Gasteiger charge is -2.32. The highest BCUT2D eigenvalue weighted by Gasteiger charge is 2.27. The Kier molecular flexibility index (Phi) is 4.06. The summed E-state index contributed by atoms with van der Waals surface area (Å²) in [5, 5.41) is 10.6. The van der Waals surface area contributed by atoms with Gasteiger partial charge in [-0.15, -0.1) is 0 Å². The summed E-state index contributed by atoms with van der Waals surface area (Å²) in [4.78, 5) is 30.9. The number of aromatic amines is 1. The first kappa shape index (κ1) is 16.5. The molecule has 4 heterocycles. The van der Waals surface area contributed by atoms with E-state index in [1.165, 1.54) is 10.6 Å². The van der Waals surface area contributed by atoms with Crippen LogP contribution < -0.4 is 5.56 Å². The summed E-state index contributed by atoms with van der Waals surface area (Å²) < 4.78 is 6.12. The van der Waals surface area contributed by atoms with E-state index in [1.807, 2.05) is 11.0 Å². The lowest BCUT2D eigenvalue weighted by Crippen LogP contribution is -2.40. The first-order chi connectivity index (χ1) is 12.5. The molecular weight excluding hydrogens is 336 g/mol. The predicted octanol–water partition coefficient (Wildman–Crippen LogP) is 0.971. The number of aromatic nitrogens is 5. The minimum absolute atomic E-state index is 0.00995. The second-order valence-corrected chi connectivity index (χ2v) is 6.79. The largest absolute Gasteiger partial charge is 0.342 e. The minimum atomic E-state index is -0.128. The first-order valence-electron chi connectivity index (χ1n) is 8.66. The van der Waals surface area contributed by atoms with Crippen molar-refractivity contribution >= 4 is 11.6 Å². The van der Waals surface area contributed by atoms with Gasteiger partial charge >= 0.3 is 0 Å². The van der Waals surface area contributed by atoms with Crippen LogP contribution in [0.1, 0.15) is 41.5 Å². The number of likely N-dealkylation sites (tertiary alicyclic amines) is 1. The topological polar surface area (TPSA) is 109 Å². The van der Waals surface area contributed by atoms with Gasteiger partial charge in [0, 0.05) is 42.5 Å². The average molecular weight is 356 g/mol. The van der Waals surface area contributed by atoms with E-state index < -0.39 is 0 Å². The van der Waals surface area contributed by atoms with Gasteiger partial charge in [0.05, 0.1) is 6.42 Å². The van der Waals surface area contributed by atoms with Gasteiger partial charge in [-0.3, -0.25) is 14.7 Å². The van der Waals surface area contributed by atoms with Gasteiger partial charge in [-0.05, 0) is 26.7 Å². The van der Waals surface area contributed by atoms with Crippen LogP contribution in [0.3, 0.4) is 0 Å². The Morgan fingerprint density at radius 1 is 1.35 bits per heavy atom. The quantitative estimate of drug-likeness (QED) is 0.749. The van der Waals surface area contributed by atoms with E-state index >= 15 is 0 Å². The molecule has 136 valence electrons. The summed E-state index contributed by atoms with van der Waals surface area (Å²) in [5.74, 6) is 0.154. The summed E-state index contributed by atoms with van der Waals surface area (Å²) >= 11 is 0. The molecule has 1 aliphatic rings. The highest BCUT2D eigenvalue weighted by molar-refractivity contribution is 5.78. The second-order valence-electron chi connectivity index (χ2n) is 6.79. The van der Waals surface area contributed by atoms with Crippen LogP contribution in [0, 0.1) is 13.8 Å². The van der Waals surface area contributed by atoms with Crippen LogP contribution in [-0.2, 0) is 11.2 Å². The Hall–Kier alpha value is -2.97. The van der Waals surface area contributed by atoms with E-state index in [1.54, 1.807) is 13.8 Å². The van der Waals surface area contributed by atoms with Gasteiger partial charge in [0.2, 0.25) is 5.91 Å². The van der Waals surface area contributed by atoms with Crippen LogP contribution in [0.2, 0.25) is 0 Å². The number of fused-ring (bicyclic) bond motifs is 1. The zero-order valence-electron chi connectivity index (χ0n) is 14.7. The SMILES string of the molecule is Cc1cc(=O)n2[nH]c([C@H]3CCCN(C(=O)Cc4nonc4C)C3)cc2n1. The lowest BCUT2D eigenvalue weighted by molar-refractivity contribution is -0.131. The minimum Gasteiger partial charge on any atom is -0.342 e. The van der Waals surface area contributed by atoms with E-state index in [4.69, 9.17) is 0 Å². The van der Waals surface area contributed by atoms with Crippen LogP contribution in [-0.4, -0.2) is 48.8 Å². The molecule has 26 heavy (non-hydrogen) atoms. The number of nitrogens with one attached hydrogen (secondary N) is 1. The average Bonchev–Trinajstić information content (AvgIpc) is 3.22. The molecular formula is C17H20N6O3. The summed E-state index contributed by atoms with van der Waals surface area (Å²) in [6.45, 7) is 4.89. The number of carbonyl (C=O) groups is 1. The van der Waals surface area contributed by atoms with Crippen LogP contribution in [0.4, 0.5) is 0 Å². The molecule has 0 aromatic carbocycles. The van der Waals surface area contributed by atoms with Crippen molar-refractivity contribution in [1.82, 2.24) is 29.8 Å². The molecule has 1 amide bonds. The molecule has 3 aromatic heterocycles. The van der Waals surface area contributed by atoms with Gasteiger partial charge < -0.3 is 4.90 Å². The van der Waals surface area contributed by atoms with Crippen molar-refractivity contribution in [3.63, 3.8) is 0 Å².